The summed E-state index contributed by atoms with van der Waals surface area (Å²) in [7, 11) is 0. The van der Waals surface area contributed by atoms with Crippen LogP contribution in [0, 0.1) is 11.8 Å². The molecule has 6 N–H and O–H groups in total. The Labute approximate surface area is 220 Å². The van der Waals surface area contributed by atoms with Crippen molar-refractivity contribution >= 4 is 29.1 Å². The number of hydrogen-bond donors (Lipinski definition) is 5. The van der Waals surface area contributed by atoms with E-state index >= 15 is 0 Å². The van der Waals surface area contributed by atoms with Gasteiger partial charge in [-0.05, 0) is 62.8 Å². The van der Waals surface area contributed by atoms with Gasteiger partial charge in [-0.1, -0.05) is 25.4 Å². The number of nitrogens with two attached hydrogens (primary N) is 1. The van der Waals surface area contributed by atoms with Gasteiger partial charge in [0.1, 0.15) is 22.8 Å². The summed E-state index contributed by atoms with van der Waals surface area (Å²) in [4.78, 5) is 40.6. The number of fused-ring (bicyclic) bond motifs is 3. The van der Waals surface area contributed by atoms with Crippen molar-refractivity contribution in [2.45, 2.75) is 71.1 Å². The van der Waals surface area contributed by atoms with E-state index in [4.69, 9.17) is 17.3 Å². The predicted molar refractivity (Wildman–Crippen MR) is 136 cm³/mol. The van der Waals surface area contributed by atoms with Crippen LogP contribution >= 0.6 is 11.6 Å². The number of phenols is 1. The Morgan fingerprint density at radius 2 is 1.86 bits per heavy atom. The number of aliphatic hydroxyl groups excluding tert-OH is 2. The summed E-state index contributed by atoms with van der Waals surface area (Å²) in [5, 5.41) is 44.0. The van der Waals surface area contributed by atoms with E-state index in [2.05, 4.69) is 25.7 Å². The molecule has 4 rings (SSSR count). The molecule has 3 aliphatic rings. The number of amides is 1. The van der Waals surface area contributed by atoms with Crippen molar-refractivity contribution in [2.24, 2.45) is 17.6 Å². The lowest BCUT2D eigenvalue weighted by atomic mass is 9.60. The molecule has 0 radical (unpaired) electrons. The first-order valence-corrected chi connectivity index (χ1v) is 12.8. The number of Topliss-reactive ketones (excluding diaryl/α,β-unsaturated/α-hetero) is 2. The predicted octanol–water partition coefficient (Wildman–Crippen LogP) is 3.24. The van der Waals surface area contributed by atoms with Gasteiger partial charge < -0.3 is 26.2 Å². The molecule has 0 fully saturated rings. The molecule has 0 saturated carbocycles. The van der Waals surface area contributed by atoms with Crippen LogP contribution in [0.2, 0.25) is 5.02 Å². The van der Waals surface area contributed by atoms with Crippen molar-refractivity contribution in [3.63, 3.8) is 0 Å². The number of allylic oxidation sites excluding steroid dienone is 2. The van der Waals surface area contributed by atoms with E-state index in [0.29, 0.717) is 22.7 Å². The van der Waals surface area contributed by atoms with Crippen molar-refractivity contribution < 1.29 is 34.8 Å². The number of carbonyl (C=O) groups is 3. The molecule has 0 aliphatic heterocycles. The van der Waals surface area contributed by atoms with Gasteiger partial charge in [-0.3, -0.25) is 19.3 Å². The molecule has 3 atom stereocenters. The van der Waals surface area contributed by atoms with Crippen molar-refractivity contribution in [3.05, 3.63) is 50.4 Å². The highest BCUT2D eigenvalue weighted by Crippen LogP contribution is 2.52. The molecule has 0 heterocycles. The maximum atomic E-state index is 13.6. The van der Waals surface area contributed by atoms with Crippen LogP contribution < -0.4 is 5.73 Å². The van der Waals surface area contributed by atoms with E-state index in [1.54, 1.807) is 0 Å². The van der Waals surface area contributed by atoms with Crippen LogP contribution in [0.3, 0.4) is 0 Å². The number of halogens is 1. The van der Waals surface area contributed by atoms with E-state index < -0.39 is 52.0 Å². The minimum Gasteiger partial charge on any atom is -0.511 e. The van der Waals surface area contributed by atoms with Gasteiger partial charge in [0, 0.05) is 35.0 Å². The summed E-state index contributed by atoms with van der Waals surface area (Å²) < 4.78 is 0. The summed E-state index contributed by atoms with van der Waals surface area (Å²) in [6.07, 6.45) is 0.864. The van der Waals surface area contributed by atoms with Gasteiger partial charge in [-0.25, -0.2) is 0 Å². The number of aliphatic hydroxyl groups is 3. The van der Waals surface area contributed by atoms with Gasteiger partial charge in [0.25, 0.3) is 5.91 Å². The maximum Gasteiger partial charge on any atom is 0.255 e. The molecule has 0 aromatic heterocycles. The van der Waals surface area contributed by atoms with Crippen LogP contribution in [0.4, 0.5) is 0 Å². The monoisotopic (exact) mass is 532 g/mol. The average molecular weight is 533 g/mol. The van der Waals surface area contributed by atoms with Gasteiger partial charge >= 0.3 is 0 Å². The second-order valence-corrected chi connectivity index (χ2v) is 11.2. The molecule has 0 saturated heterocycles. The third-order valence-electron chi connectivity index (χ3n) is 8.53. The Balaban J connectivity index is 1.81. The second kappa shape index (κ2) is 9.15. The molecule has 1 amide bonds. The molecule has 0 bridgehead atoms. The molecule has 1 aromatic carbocycles. The average Bonchev–Trinajstić information content (AvgIpc) is 2.82. The Hall–Kier alpha value is -2.88. The van der Waals surface area contributed by atoms with Crippen molar-refractivity contribution in [3.8, 4) is 5.75 Å². The Morgan fingerprint density at radius 3 is 2.43 bits per heavy atom. The van der Waals surface area contributed by atoms with E-state index in [1.807, 2.05) is 6.92 Å². The summed E-state index contributed by atoms with van der Waals surface area (Å²) >= 11 is 6.82. The Bertz CT molecular complexity index is 1280. The maximum absolute atomic E-state index is 13.6. The second-order valence-electron chi connectivity index (χ2n) is 10.8. The smallest absolute Gasteiger partial charge is 0.255 e. The molecule has 200 valence electrons. The number of aromatic hydroxyl groups is 1. The number of hydrogen-bond acceptors (Lipinski definition) is 8. The molecule has 1 unspecified atom stereocenters. The molecule has 10 heteroatoms. The van der Waals surface area contributed by atoms with Crippen LogP contribution in [0.5, 0.6) is 5.75 Å². The first kappa shape index (κ1) is 27.2. The third-order valence-corrected chi connectivity index (χ3v) is 9.01. The minimum absolute atomic E-state index is 0.0637. The van der Waals surface area contributed by atoms with Gasteiger partial charge in [0.2, 0.25) is 5.78 Å². The van der Waals surface area contributed by atoms with Crippen LogP contribution in [0.25, 0.3) is 0 Å². The van der Waals surface area contributed by atoms with E-state index in [1.165, 1.54) is 6.07 Å². The lowest BCUT2D eigenvalue weighted by Gasteiger charge is -2.45. The van der Waals surface area contributed by atoms with E-state index in [0.717, 1.165) is 13.0 Å². The highest BCUT2D eigenvalue weighted by atomic mass is 35.5. The number of primary amides is 1. The standard InChI is InChI=1S/C27H33ClN2O7/c1-5-26(3,4)30(6-2)11-13-9-16(31)19-15(21(13)28)8-12-7-14-10-17(32)20(25(29)36)24(35)27(14,37)23(34)18(12)22(19)33/h9,12,14,31-32,34,37H,5-8,10-11H2,1-4H3,(H2,29,36)/t12?,14-,27-/m0/s1. The van der Waals surface area contributed by atoms with Gasteiger partial charge in [-0.2, -0.15) is 0 Å². The van der Waals surface area contributed by atoms with Gasteiger partial charge in [0.05, 0.1) is 5.56 Å². The SMILES string of the molecule is CCN(Cc1cc(O)c2c(c1Cl)CC1C[C@H]3CC(O)=C(C(N)=O)C(=O)[C@@]3(O)C(O)=C1C2=O)C(C)(C)CC. The molecular weight excluding hydrogens is 500 g/mol. The van der Waals surface area contributed by atoms with Gasteiger partial charge in [0.15, 0.2) is 11.4 Å². The van der Waals surface area contributed by atoms with Gasteiger partial charge in [-0.15, -0.1) is 0 Å². The summed E-state index contributed by atoms with van der Waals surface area (Å²) in [5.74, 6) is -6.56. The highest BCUT2D eigenvalue weighted by molar-refractivity contribution is 6.33. The van der Waals surface area contributed by atoms with Crippen LogP contribution in [0.15, 0.2) is 28.7 Å². The summed E-state index contributed by atoms with van der Waals surface area (Å²) in [6, 6.07) is 1.45. The van der Waals surface area contributed by atoms with Crippen LogP contribution in [-0.2, 0) is 22.6 Å². The zero-order chi connectivity index (χ0) is 27.6. The molecule has 37 heavy (non-hydrogen) atoms. The molecule has 1 aromatic rings. The number of nitrogens with zero attached hydrogens (tertiary/aromatic N) is 1. The Kier molecular flexibility index (Phi) is 6.72. The topological polar surface area (TPSA) is 161 Å². The quantitative estimate of drug-likeness (QED) is 0.349. The van der Waals surface area contributed by atoms with E-state index in [9.17, 15) is 34.8 Å². The summed E-state index contributed by atoms with van der Waals surface area (Å²) in [5.41, 5.74) is 2.55. The largest absolute Gasteiger partial charge is 0.511 e. The normalized spacial score (nSPS) is 25.8. The van der Waals surface area contributed by atoms with Crippen LogP contribution in [0.1, 0.15) is 68.4 Å². The molecular formula is C27H33ClN2O7. The number of ketones is 2. The lowest BCUT2D eigenvalue weighted by molar-refractivity contribution is -0.144. The minimum atomic E-state index is -2.58. The zero-order valence-corrected chi connectivity index (χ0v) is 22.1. The van der Waals surface area contributed by atoms with Crippen LogP contribution in [-0.4, -0.2) is 60.5 Å². The first-order valence-electron chi connectivity index (χ1n) is 12.5. The van der Waals surface area contributed by atoms with Crippen molar-refractivity contribution in [2.75, 3.05) is 6.54 Å². The highest BCUT2D eigenvalue weighted by Gasteiger charge is 2.59. The van der Waals surface area contributed by atoms with Crippen molar-refractivity contribution in [1.82, 2.24) is 4.90 Å². The lowest BCUT2D eigenvalue weighted by Crippen LogP contribution is -2.57. The molecule has 9 nitrogen and oxygen atoms in total. The fourth-order valence-electron chi connectivity index (χ4n) is 6.02. The Morgan fingerprint density at radius 1 is 1.22 bits per heavy atom. The fraction of sp³-hybridized carbons (Fsp3) is 0.519. The number of carbonyl (C=O) groups excluding carboxylic acids is 3. The fourth-order valence-corrected chi connectivity index (χ4v) is 6.31. The first-order chi connectivity index (χ1) is 17.2. The van der Waals surface area contributed by atoms with Crippen molar-refractivity contribution in [1.29, 1.82) is 0 Å². The number of benzene rings is 1. The molecule has 3 aliphatic carbocycles. The summed E-state index contributed by atoms with van der Waals surface area (Å²) in [6.45, 7) is 9.57. The molecule has 0 spiro atoms. The number of rotatable bonds is 6. The third kappa shape index (κ3) is 3.95. The zero-order valence-electron chi connectivity index (χ0n) is 21.4. The van der Waals surface area contributed by atoms with E-state index in [-0.39, 0.29) is 41.7 Å². The number of phenolic OH excluding ortho intramolecular Hbond substituents is 1.